The van der Waals surface area contributed by atoms with Crippen LogP contribution in [0.5, 0.6) is 5.88 Å². The van der Waals surface area contributed by atoms with Gasteiger partial charge in [0.25, 0.3) is 0 Å². The van der Waals surface area contributed by atoms with Crippen LogP contribution in [0.3, 0.4) is 0 Å². The van der Waals surface area contributed by atoms with Crippen LogP contribution in [0.25, 0.3) is 0 Å². The summed E-state index contributed by atoms with van der Waals surface area (Å²) in [7, 11) is 1.51. The summed E-state index contributed by atoms with van der Waals surface area (Å²) in [6.07, 6.45) is 0. The van der Waals surface area contributed by atoms with Crippen molar-refractivity contribution in [3.63, 3.8) is 0 Å². The first-order valence-electron chi connectivity index (χ1n) is 8.10. The highest BCUT2D eigenvalue weighted by molar-refractivity contribution is 6.39. The molecule has 25 heavy (non-hydrogen) atoms. The van der Waals surface area contributed by atoms with E-state index in [0.29, 0.717) is 23.0 Å². The van der Waals surface area contributed by atoms with Crippen LogP contribution in [0.1, 0.15) is 36.6 Å². The summed E-state index contributed by atoms with van der Waals surface area (Å²) < 4.78 is 5.18. The van der Waals surface area contributed by atoms with Gasteiger partial charge in [0, 0.05) is 23.5 Å². The molecule has 1 aromatic carbocycles. The van der Waals surface area contributed by atoms with Gasteiger partial charge in [-0.05, 0) is 36.6 Å². The van der Waals surface area contributed by atoms with E-state index in [-0.39, 0.29) is 6.54 Å². The minimum absolute atomic E-state index is 0.162. The lowest BCUT2D eigenvalue weighted by molar-refractivity contribution is -0.136. The van der Waals surface area contributed by atoms with Gasteiger partial charge in [0.2, 0.25) is 5.88 Å². The van der Waals surface area contributed by atoms with Crippen LogP contribution in [-0.4, -0.2) is 23.9 Å². The number of hydrogen-bond donors (Lipinski definition) is 2. The van der Waals surface area contributed by atoms with Crippen molar-refractivity contribution in [3.8, 4) is 5.88 Å². The number of hydrogen-bond acceptors (Lipinski definition) is 4. The van der Waals surface area contributed by atoms with E-state index in [9.17, 15) is 9.59 Å². The van der Waals surface area contributed by atoms with E-state index in [0.717, 1.165) is 5.69 Å². The van der Waals surface area contributed by atoms with E-state index in [2.05, 4.69) is 29.5 Å². The number of nitrogens with one attached hydrogen (secondary N) is 2. The van der Waals surface area contributed by atoms with Crippen LogP contribution in [0, 0.1) is 6.92 Å². The van der Waals surface area contributed by atoms with Gasteiger partial charge in [-0.25, -0.2) is 4.98 Å². The number of ether oxygens (including phenoxy) is 1. The molecule has 0 aliphatic heterocycles. The quantitative estimate of drug-likeness (QED) is 0.820. The number of amides is 2. The molecule has 0 aliphatic rings. The number of benzene rings is 1. The topological polar surface area (TPSA) is 80.3 Å². The van der Waals surface area contributed by atoms with Crippen LogP contribution in [0.2, 0.25) is 0 Å². The molecule has 1 heterocycles. The average Bonchev–Trinajstić information content (AvgIpc) is 2.60. The Hall–Kier alpha value is -2.89. The molecule has 6 heteroatoms. The fraction of sp³-hybridized carbons (Fsp3) is 0.316. The summed E-state index contributed by atoms with van der Waals surface area (Å²) >= 11 is 0. The van der Waals surface area contributed by atoms with Crippen LogP contribution in [0.15, 0.2) is 36.4 Å². The normalized spacial score (nSPS) is 10.4. The van der Waals surface area contributed by atoms with E-state index >= 15 is 0 Å². The second kappa shape index (κ2) is 8.28. The predicted octanol–water partition coefficient (Wildman–Crippen LogP) is 2.78. The Labute approximate surface area is 147 Å². The van der Waals surface area contributed by atoms with Crippen LogP contribution < -0.4 is 15.4 Å². The number of aryl methyl sites for hydroxylation is 1. The molecular formula is C19H23N3O3. The molecule has 0 aliphatic carbocycles. The predicted molar refractivity (Wildman–Crippen MR) is 96.5 cm³/mol. The van der Waals surface area contributed by atoms with E-state index in [1.807, 2.05) is 31.2 Å². The summed E-state index contributed by atoms with van der Waals surface area (Å²) in [5.74, 6) is -0.581. The first-order valence-corrected chi connectivity index (χ1v) is 8.10. The largest absolute Gasteiger partial charge is 0.481 e. The summed E-state index contributed by atoms with van der Waals surface area (Å²) in [5.41, 5.74) is 3.27. The number of rotatable bonds is 5. The Morgan fingerprint density at radius 1 is 1.08 bits per heavy atom. The highest BCUT2D eigenvalue weighted by Crippen LogP contribution is 2.17. The lowest BCUT2D eigenvalue weighted by Crippen LogP contribution is -2.35. The third kappa shape index (κ3) is 5.04. The zero-order valence-electron chi connectivity index (χ0n) is 14.9. The van der Waals surface area contributed by atoms with E-state index in [4.69, 9.17) is 4.74 Å². The molecule has 0 bridgehead atoms. The molecule has 0 saturated heterocycles. The van der Waals surface area contributed by atoms with Crippen LogP contribution in [0.4, 0.5) is 5.69 Å². The molecular weight excluding hydrogens is 318 g/mol. The average molecular weight is 341 g/mol. The minimum Gasteiger partial charge on any atom is -0.481 e. The Kier molecular flexibility index (Phi) is 6.11. The van der Waals surface area contributed by atoms with Crippen molar-refractivity contribution in [1.29, 1.82) is 0 Å². The minimum atomic E-state index is -0.712. The maximum Gasteiger partial charge on any atom is 0.313 e. The van der Waals surface area contributed by atoms with Gasteiger partial charge in [-0.1, -0.05) is 32.0 Å². The van der Waals surface area contributed by atoms with Gasteiger partial charge < -0.3 is 15.4 Å². The zero-order chi connectivity index (χ0) is 18.4. The Balaban J connectivity index is 1.93. The SMILES string of the molecule is COc1nc(C)ccc1CNC(=O)C(=O)Nc1ccc(C(C)C)cc1. The van der Waals surface area contributed by atoms with E-state index in [1.165, 1.54) is 12.7 Å². The highest BCUT2D eigenvalue weighted by atomic mass is 16.5. The number of carbonyl (C=O) groups excluding carboxylic acids is 2. The van der Waals surface area contributed by atoms with Crippen molar-refractivity contribution in [2.75, 3.05) is 12.4 Å². The molecule has 6 nitrogen and oxygen atoms in total. The van der Waals surface area contributed by atoms with Crippen molar-refractivity contribution in [1.82, 2.24) is 10.3 Å². The van der Waals surface area contributed by atoms with Crippen molar-refractivity contribution in [2.45, 2.75) is 33.2 Å². The van der Waals surface area contributed by atoms with Crippen LogP contribution >= 0.6 is 0 Å². The molecule has 0 radical (unpaired) electrons. The first-order chi connectivity index (χ1) is 11.9. The first kappa shape index (κ1) is 18.4. The van der Waals surface area contributed by atoms with E-state index in [1.54, 1.807) is 12.1 Å². The molecule has 0 saturated carbocycles. The molecule has 132 valence electrons. The molecule has 2 amide bonds. The second-order valence-electron chi connectivity index (χ2n) is 6.03. The third-order valence-corrected chi connectivity index (χ3v) is 3.75. The molecule has 2 aromatic rings. The van der Waals surface area contributed by atoms with Gasteiger partial charge in [0.1, 0.15) is 0 Å². The molecule has 0 atom stereocenters. The standard InChI is InChI=1S/C19H23N3O3/c1-12(2)14-7-9-16(10-8-14)22-18(24)17(23)20-11-15-6-5-13(3)21-19(15)25-4/h5-10,12H,11H2,1-4H3,(H,20,23)(H,22,24). The maximum absolute atomic E-state index is 12.0. The van der Waals surface area contributed by atoms with E-state index < -0.39 is 11.8 Å². The summed E-state index contributed by atoms with van der Waals surface area (Å²) in [5, 5.41) is 5.16. The lowest BCUT2D eigenvalue weighted by atomic mass is 10.0. The van der Waals surface area contributed by atoms with Gasteiger partial charge in [0.15, 0.2) is 0 Å². The molecule has 1 aromatic heterocycles. The fourth-order valence-corrected chi connectivity index (χ4v) is 2.27. The van der Waals surface area contributed by atoms with Crippen molar-refractivity contribution in [2.24, 2.45) is 0 Å². The summed E-state index contributed by atoms with van der Waals surface area (Å²) in [6, 6.07) is 11.1. The van der Waals surface area contributed by atoms with Gasteiger partial charge in [-0.3, -0.25) is 9.59 Å². The molecule has 0 unspecified atom stereocenters. The van der Waals surface area contributed by atoms with Gasteiger partial charge >= 0.3 is 11.8 Å². The van der Waals surface area contributed by atoms with Gasteiger partial charge in [-0.15, -0.1) is 0 Å². The maximum atomic E-state index is 12.0. The number of pyridine rings is 1. The van der Waals surface area contributed by atoms with Crippen LogP contribution in [-0.2, 0) is 16.1 Å². The highest BCUT2D eigenvalue weighted by Gasteiger charge is 2.15. The number of nitrogens with zero attached hydrogens (tertiary/aromatic N) is 1. The van der Waals surface area contributed by atoms with Crippen molar-refractivity contribution in [3.05, 3.63) is 53.2 Å². The van der Waals surface area contributed by atoms with Gasteiger partial charge in [0.05, 0.1) is 7.11 Å². The molecule has 2 N–H and O–H groups in total. The second-order valence-corrected chi connectivity index (χ2v) is 6.03. The number of methoxy groups -OCH3 is 1. The molecule has 2 rings (SSSR count). The number of carbonyl (C=O) groups is 2. The number of aromatic nitrogens is 1. The monoisotopic (exact) mass is 341 g/mol. The Morgan fingerprint density at radius 3 is 2.36 bits per heavy atom. The zero-order valence-corrected chi connectivity index (χ0v) is 14.9. The van der Waals surface area contributed by atoms with Gasteiger partial charge in [-0.2, -0.15) is 0 Å². The smallest absolute Gasteiger partial charge is 0.313 e. The fourth-order valence-electron chi connectivity index (χ4n) is 2.27. The summed E-state index contributed by atoms with van der Waals surface area (Å²) in [4.78, 5) is 28.2. The van der Waals surface area contributed by atoms with Crippen molar-refractivity contribution >= 4 is 17.5 Å². The summed E-state index contributed by atoms with van der Waals surface area (Å²) in [6.45, 7) is 6.20. The molecule has 0 fully saturated rings. The Morgan fingerprint density at radius 2 is 1.76 bits per heavy atom. The lowest BCUT2D eigenvalue weighted by Gasteiger charge is -2.10. The third-order valence-electron chi connectivity index (χ3n) is 3.75. The molecule has 0 spiro atoms. The van der Waals surface area contributed by atoms with Crippen molar-refractivity contribution < 1.29 is 14.3 Å². The Bertz CT molecular complexity index is 755. The number of anilines is 1.